The molecule has 0 fully saturated rings. The lowest BCUT2D eigenvalue weighted by Crippen LogP contribution is -2.28. The Morgan fingerprint density at radius 3 is 2.13 bits per heavy atom. The zero-order chi connectivity index (χ0) is 27.1. The third kappa shape index (κ3) is 5.08. The molecule has 0 unspecified atom stereocenters. The van der Waals surface area contributed by atoms with Crippen molar-refractivity contribution >= 4 is 30.6 Å². The van der Waals surface area contributed by atoms with Gasteiger partial charge in [0.25, 0.3) is 0 Å². The number of benzene rings is 3. The summed E-state index contributed by atoms with van der Waals surface area (Å²) in [5.41, 5.74) is 2.02. The molecule has 9 nitrogen and oxygen atoms in total. The third-order valence-corrected chi connectivity index (χ3v) is 9.08. The molecule has 0 aliphatic heterocycles. The van der Waals surface area contributed by atoms with Crippen LogP contribution in [0.25, 0.3) is 28.0 Å². The van der Waals surface area contributed by atoms with Gasteiger partial charge in [-0.25, -0.2) is 26.5 Å². The second-order valence-electron chi connectivity index (χ2n) is 9.02. The molecule has 0 bridgehead atoms. The van der Waals surface area contributed by atoms with Gasteiger partial charge in [0.2, 0.25) is 15.8 Å². The molecule has 11 heteroatoms. The summed E-state index contributed by atoms with van der Waals surface area (Å²) >= 11 is 0. The van der Waals surface area contributed by atoms with Gasteiger partial charge in [-0.1, -0.05) is 42.0 Å². The van der Waals surface area contributed by atoms with E-state index in [2.05, 4.69) is 15.1 Å². The number of hydrogen-bond donors (Lipinski definition) is 0. The minimum absolute atomic E-state index is 0.0788. The highest BCUT2D eigenvalue weighted by atomic mass is 32.2. The quantitative estimate of drug-likeness (QED) is 0.302. The van der Waals surface area contributed by atoms with Gasteiger partial charge in [0, 0.05) is 24.9 Å². The van der Waals surface area contributed by atoms with E-state index in [0.717, 1.165) is 22.6 Å². The molecule has 5 rings (SSSR count). The Kier molecular flexibility index (Phi) is 6.59. The summed E-state index contributed by atoms with van der Waals surface area (Å²) in [5.74, 6) is 0.666. The summed E-state index contributed by atoms with van der Waals surface area (Å²) < 4.78 is 53.1. The second-order valence-corrected chi connectivity index (χ2v) is 13.1. The van der Waals surface area contributed by atoms with E-state index < -0.39 is 19.9 Å². The van der Waals surface area contributed by atoms with E-state index in [4.69, 9.17) is 0 Å². The summed E-state index contributed by atoms with van der Waals surface area (Å²) in [6, 6.07) is 22.5. The van der Waals surface area contributed by atoms with Crippen LogP contribution in [0.4, 0.5) is 0 Å². The van der Waals surface area contributed by atoms with Gasteiger partial charge in [0.15, 0.2) is 9.84 Å². The fraction of sp³-hybridized carbons (Fsp3) is 0.148. The number of fused-ring (bicyclic) bond motifs is 1. The molecule has 0 atom stereocenters. The van der Waals surface area contributed by atoms with Crippen LogP contribution < -0.4 is 0 Å². The SMILES string of the molecule is Cc1ccc(S(=O)(=O)N(C)Cc2nc(-c3cc4ccccc4cn3)nn2-c2ccc(S(C)(=O)=O)cc2)cc1. The number of pyridine rings is 1. The number of rotatable bonds is 7. The molecule has 2 heterocycles. The minimum Gasteiger partial charge on any atom is -0.252 e. The van der Waals surface area contributed by atoms with Crippen molar-refractivity contribution in [3.8, 4) is 17.2 Å². The smallest absolute Gasteiger partial charge is 0.243 e. The van der Waals surface area contributed by atoms with Gasteiger partial charge in [-0.15, -0.1) is 5.10 Å². The van der Waals surface area contributed by atoms with Crippen molar-refractivity contribution in [1.82, 2.24) is 24.1 Å². The maximum atomic E-state index is 13.3. The molecule has 0 radical (unpaired) electrons. The number of nitrogens with zero attached hydrogens (tertiary/aromatic N) is 5. The molecule has 38 heavy (non-hydrogen) atoms. The van der Waals surface area contributed by atoms with Gasteiger partial charge in [0.05, 0.1) is 22.0 Å². The standard InChI is InChI=1S/C27H25N5O4S2/c1-19-8-12-24(13-9-19)38(35,36)31(2)18-26-29-27(25-16-20-6-4-5-7-21(20)17-28-25)30-32(26)22-10-14-23(15-11-22)37(3,33)34/h4-17H,18H2,1-3H3. The number of aromatic nitrogens is 4. The molecule has 0 spiro atoms. The van der Waals surface area contributed by atoms with Crippen LogP contribution >= 0.6 is 0 Å². The molecule has 2 aromatic heterocycles. The largest absolute Gasteiger partial charge is 0.252 e. The summed E-state index contributed by atoms with van der Waals surface area (Å²) in [4.78, 5) is 9.50. The zero-order valence-corrected chi connectivity index (χ0v) is 22.6. The molecule has 0 aliphatic rings. The average Bonchev–Trinajstić information content (AvgIpc) is 3.32. The van der Waals surface area contributed by atoms with E-state index in [1.165, 1.54) is 28.2 Å². The lowest BCUT2D eigenvalue weighted by molar-refractivity contribution is 0.452. The van der Waals surface area contributed by atoms with E-state index >= 15 is 0 Å². The molecule has 5 aromatic rings. The average molecular weight is 548 g/mol. The van der Waals surface area contributed by atoms with Crippen molar-refractivity contribution in [3.05, 3.63) is 96.4 Å². The first-order valence-electron chi connectivity index (χ1n) is 11.7. The maximum absolute atomic E-state index is 13.3. The maximum Gasteiger partial charge on any atom is 0.243 e. The summed E-state index contributed by atoms with van der Waals surface area (Å²) in [6.07, 6.45) is 2.87. The van der Waals surface area contributed by atoms with Crippen LogP contribution in [0.1, 0.15) is 11.4 Å². The lowest BCUT2D eigenvalue weighted by atomic mass is 10.1. The molecule has 0 saturated heterocycles. The van der Waals surface area contributed by atoms with Crippen molar-refractivity contribution < 1.29 is 16.8 Å². The van der Waals surface area contributed by atoms with Gasteiger partial charge in [0.1, 0.15) is 11.5 Å². The van der Waals surface area contributed by atoms with Crippen LogP contribution in [0.3, 0.4) is 0 Å². The molecular formula is C27H25N5O4S2. The van der Waals surface area contributed by atoms with E-state index in [1.807, 2.05) is 37.3 Å². The Morgan fingerprint density at radius 1 is 0.842 bits per heavy atom. The molecule has 0 saturated carbocycles. The van der Waals surface area contributed by atoms with E-state index in [-0.39, 0.29) is 16.3 Å². The highest BCUT2D eigenvalue weighted by Crippen LogP contribution is 2.24. The number of sulfone groups is 1. The van der Waals surface area contributed by atoms with Gasteiger partial charge in [-0.3, -0.25) is 4.98 Å². The molecule has 194 valence electrons. The summed E-state index contributed by atoms with van der Waals surface area (Å²) in [5, 5.41) is 6.57. The predicted molar refractivity (Wildman–Crippen MR) is 145 cm³/mol. The van der Waals surface area contributed by atoms with Gasteiger partial charge in [-0.05, 0) is 54.8 Å². The Labute approximate surface area is 221 Å². The molecular weight excluding hydrogens is 522 g/mol. The van der Waals surface area contributed by atoms with Crippen LogP contribution in [0.2, 0.25) is 0 Å². The Hall–Kier alpha value is -3.93. The van der Waals surface area contributed by atoms with Crippen molar-refractivity contribution in [2.45, 2.75) is 23.3 Å². The first kappa shape index (κ1) is 25.7. The lowest BCUT2D eigenvalue weighted by Gasteiger charge is -2.17. The first-order chi connectivity index (χ1) is 18.0. The Balaban J connectivity index is 1.58. The number of aryl methyl sites for hydroxylation is 1. The topological polar surface area (TPSA) is 115 Å². The summed E-state index contributed by atoms with van der Waals surface area (Å²) in [7, 11) is -5.71. The second kappa shape index (κ2) is 9.75. The van der Waals surface area contributed by atoms with E-state index in [9.17, 15) is 16.8 Å². The van der Waals surface area contributed by atoms with Gasteiger partial charge in [-0.2, -0.15) is 4.31 Å². The predicted octanol–water partition coefficient (Wildman–Crippen LogP) is 4.02. The van der Waals surface area contributed by atoms with E-state index in [0.29, 0.717) is 23.0 Å². The fourth-order valence-electron chi connectivity index (χ4n) is 3.98. The minimum atomic E-state index is -3.81. The monoisotopic (exact) mass is 547 g/mol. The molecule has 3 aromatic carbocycles. The highest BCUT2D eigenvalue weighted by Gasteiger charge is 2.24. The van der Waals surface area contributed by atoms with Crippen LogP contribution in [0, 0.1) is 6.92 Å². The van der Waals surface area contributed by atoms with Gasteiger partial charge < -0.3 is 0 Å². The summed E-state index contributed by atoms with van der Waals surface area (Å²) in [6.45, 7) is 1.81. The third-order valence-electron chi connectivity index (χ3n) is 6.14. The normalized spacial score (nSPS) is 12.3. The van der Waals surface area contributed by atoms with Crippen molar-refractivity contribution in [1.29, 1.82) is 0 Å². The highest BCUT2D eigenvalue weighted by molar-refractivity contribution is 7.90. The van der Waals surface area contributed by atoms with Gasteiger partial charge >= 0.3 is 0 Å². The van der Waals surface area contributed by atoms with Crippen molar-refractivity contribution in [3.63, 3.8) is 0 Å². The first-order valence-corrected chi connectivity index (χ1v) is 15.0. The van der Waals surface area contributed by atoms with Crippen LogP contribution in [-0.2, 0) is 26.4 Å². The molecule has 0 aliphatic carbocycles. The van der Waals surface area contributed by atoms with Crippen LogP contribution in [0.5, 0.6) is 0 Å². The van der Waals surface area contributed by atoms with E-state index in [1.54, 1.807) is 42.6 Å². The zero-order valence-electron chi connectivity index (χ0n) is 21.0. The molecule has 0 N–H and O–H groups in total. The van der Waals surface area contributed by atoms with Crippen LogP contribution in [-0.4, -0.2) is 54.2 Å². The number of hydrogen-bond acceptors (Lipinski definition) is 7. The van der Waals surface area contributed by atoms with Crippen molar-refractivity contribution in [2.75, 3.05) is 13.3 Å². The Morgan fingerprint density at radius 2 is 1.47 bits per heavy atom. The Bertz CT molecular complexity index is 1850. The van der Waals surface area contributed by atoms with Crippen LogP contribution in [0.15, 0.2) is 94.9 Å². The number of sulfonamides is 1. The molecule has 0 amide bonds. The fourth-order valence-corrected chi connectivity index (χ4v) is 5.73. The van der Waals surface area contributed by atoms with Crippen molar-refractivity contribution in [2.24, 2.45) is 0 Å².